The van der Waals surface area contributed by atoms with E-state index in [0.29, 0.717) is 6.61 Å². The number of hydrogen-bond donors (Lipinski definition) is 2. The Hall–Kier alpha value is -2.82. The predicted molar refractivity (Wildman–Crippen MR) is 108 cm³/mol. The molecule has 0 bridgehead atoms. The molecule has 1 heterocycles. The molecule has 2 N–H and O–H groups in total. The summed E-state index contributed by atoms with van der Waals surface area (Å²) in [4.78, 5) is 24.7. The van der Waals surface area contributed by atoms with Crippen LogP contribution in [0, 0.1) is 12.3 Å². The molecule has 0 saturated carbocycles. The molecular formula is C21H27N3O4. The highest BCUT2D eigenvalue weighted by Crippen LogP contribution is 2.19. The maximum Gasteiger partial charge on any atom is 0.330 e. The van der Waals surface area contributed by atoms with Crippen molar-refractivity contribution in [3.8, 4) is 18.1 Å². The van der Waals surface area contributed by atoms with Gasteiger partial charge in [-0.15, -0.1) is 6.42 Å². The number of hydrogen-bond acceptors (Lipinski definition) is 5. The maximum absolute atomic E-state index is 11.5. The first-order valence-electron chi connectivity index (χ1n) is 9.37. The van der Waals surface area contributed by atoms with Gasteiger partial charge in [0, 0.05) is 24.9 Å². The minimum Gasteiger partial charge on any atom is -0.481 e. The van der Waals surface area contributed by atoms with Crippen molar-refractivity contribution in [1.82, 2.24) is 14.9 Å². The molecule has 0 radical (unpaired) electrons. The van der Waals surface area contributed by atoms with Crippen molar-refractivity contribution >= 4 is 0 Å². The number of aromatic amines is 1. The zero-order chi connectivity index (χ0) is 20.2. The number of nitrogens with zero attached hydrogens (tertiary/aromatic N) is 1. The number of unbranched alkanes of at least 4 members (excludes halogenated alkanes) is 2. The summed E-state index contributed by atoms with van der Waals surface area (Å²) in [7, 11) is 0. The van der Waals surface area contributed by atoms with Crippen molar-refractivity contribution in [2.24, 2.45) is 0 Å². The van der Waals surface area contributed by atoms with Gasteiger partial charge in [0.25, 0.3) is 5.56 Å². The molecule has 0 unspecified atom stereocenters. The Morgan fingerprint density at radius 3 is 2.89 bits per heavy atom. The number of H-pyrrole nitrogens is 1. The summed E-state index contributed by atoms with van der Waals surface area (Å²) < 4.78 is 12.3. The Balaban J connectivity index is 1.58. The SMILES string of the molecule is C#CCOc1cccc([C@@H](C)NCCCCCOCn2ccc(=O)[nH]c2=O)c1. The van der Waals surface area contributed by atoms with E-state index in [4.69, 9.17) is 15.9 Å². The topological polar surface area (TPSA) is 85.3 Å². The largest absolute Gasteiger partial charge is 0.481 e. The van der Waals surface area contributed by atoms with Crippen molar-refractivity contribution in [3.05, 3.63) is 62.9 Å². The monoisotopic (exact) mass is 385 g/mol. The molecule has 1 aromatic carbocycles. The average molecular weight is 385 g/mol. The van der Waals surface area contributed by atoms with E-state index in [2.05, 4.69) is 29.2 Å². The Morgan fingerprint density at radius 2 is 2.11 bits per heavy atom. The van der Waals surface area contributed by atoms with Crippen molar-refractivity contribution in [2.75, 3.05) is 19.8 Å². The van der Waals surface area contributed by atoms with E-state index < -0.39 is 11.2 Å². The van der Waals surface area contributed by atoms with Gasteiger partial charge in [0.2, 0.25) is 0 Å². The van der Waals surface area contributed by atoms with Crippen molar-refractivity contribution in [2.45, 2.75) is 39.0 Å². The first-order valence-corrected chi connectivity index (χ1v) is 9.37. The van der Waals surface area contributed by atoms with E-state index >= 15 is 0 Å². The standard InChI is InChI=1S/C21H27N3O4/c1-3-13-28-19-9-7-8-18(15-19)17(2)22-11-5-4-6-14-27-16-24-12-10-20(25)23-21(24)26/h1,7-10,12,15,17,22H,4-6,11,13-14,16H2,2H3,(H,23,25,26)/t17-/m1/s1. The van der Waals surface area contributed by atoms with Crippen molar-refractivity contribution < 1.29 is 9.47 Å². The van der Waals surface area contributed by atoms with Gasteiger partial charge in [-0.1, -0.05) is 18.1 Å². The number of rotatable bonds is 12. The highest BCUT2D eigenvalue weighted by molar-refractivity contribution is 5.30. The number of nitrogens with one attached hydrogen (secondary N) is 2. The smallest absolute Gasteiger partial charge is 0.330 e. The Bertz CT molecular complexity index is 882. The van der Waals surface area contributed by atoms with Gasteiger partial charge in [-0.25, -0.2) is 4.79 Å². The van der Waals surface area contributed by atoms with Gasteiger partial charge < -0.3 is 14.8 Å². The molecule has 0 aliphatic rings. The van der Waals surface area contributed by atoms with Crippen molar-refractivity contribution in [1.29, 1.82) is 0 Å². The molecule has 28 heavy (non-hydrogen) atoms. The van der Waals surface area contributed by atoms with Crippen LogP contribution in [0.25, 0.3) is 0 Å². The lowest BCUT2D eigenvalue weighted by atomic mass is 10.1. The summed E-state index contributed by atoms with van der Waals surface area (Å²) in [6.07, 6.45) is 9.60. The molecule has 0 spiro atoms. The zero-order valence-electron chi connectivity index (χ0n) is 16.1. The van der Waals surface area contributed by atoms with Crippen LogP contribution in [0.4, 0.5) is 0 Å². The summed E-state index contributed by atoms with van der Waals surface area (Å²) in [5.74, 6) is 3.24. The van der Waals surface area contributed by atoms with E-state index in [1.807, 2.05) is 18.2 Å². The second-order valence-corrected chi connectivity index (χ2v) is 6.42. The Morgan fingerprint density at radius 1 is 1.25 bits per heavy atom. The second kappa shape index (κ2) is 11.8. The minimum absolute atomic E-state index is 0.142. The van der Waals surface area contributed by atoms with Gasteiger partial charge in [-0.3, -0.25) is 14.3 Å². The fourth-order valence-corrected chi connectivity index (χ4v) is 2.65. The third kappa shape index (κ3) is 7.43. The lowest BCUT2D eigenvalue weighted by Gasteiger charge is -2.15. The molecular weight excluding hydrogens is 358 g/mol. The normalized spacial score (nSPS) is 11.7. The van der Waals surface area contributed by atoms with E-state index in [-0.39, 0.29) is 19.4 Å². The third-order valence-corrected chi connectivity index (χ3v) is 4.22. The fraction of sp³-hybridized carbons (Fsp3) is 0.429. The minimum atomic E-state index is -0.459. The van der Waals surface area contributed by atoms with E-state index in [0.717, 1.165) is 37.1 Å². The zero-order valence-corrected chi connectivity index (χ0v) is 16.1. The highest BCUT2D eigenvalue weighted by Gasteiger charge is 2.05. The van der Waals surface area contributed by atoms with Crippen LogP contribution in [0.3, 0.4) is 0 Å². The van der Waals surface area contributed by atoms with Crippen molar-refractivity contribution in [3.63, 3.8) is 0 Å². The number of aromatic nitrogens is 2. The third-order valence-electron chi connectivity index (χ3n) is 4.22. The van der Waals surface area contributed by atoms with Crippen LogP contribution < -0.4 is 21.3 Å². The van der Waals surface area contributed by atoms with Gasteiger partial charge in [0.1, 0.15) is 19.1 Å². The Kier molecular flexibility index (Phi) is 9.05. The van der Waals surface area contributed by atoms with E-state index in [9.17, 15) is 9.59 Å². The molecule has 1 atom stereocenters. The van der Waals surface area contributed by atoms with Gasteiger partial charge in [-0.05, 0) is 50.4 Å². The number of benzene rings is 1. The molecule has 0 amide bonds. The second-order valence-electron chi connectivity index (χ2n) is 6.42. The summed E-state index contributed by atoms with van der Waals surface area (Å²) in [6.45, 7) is 3.99. The highest BCUT2D eigenvalue weighted by atomic mass is 16.5. The molecule has 0 fully saturated rings. The number of terminal acetylenes is 1. The quantitative estimate of drug-likeness (QED) is 0.431. The molecule has 7 nitrogen and oxygen atoms in total. The first kappa shape index (κ1) is 21.5. The molecule has 0 saturated heterocycles. The summed E-state index contributed by atoms with van der Waals surface area (Å²) in [6, 6.07) is 9.44. The van der Waals surface area contributed by atoms with Gasteiger partial charge in [0.05, 0.1) is 0 Å². The van der Waals surface area contributed by atoms with Gasteiger partial charge in [-0.2, -0.15) is 0 Å². The van der Waals surface area contributed by atoms with Crippen LogP contribution in [0.15, 0.2) is 46.1 Å². The van der Waals surface area contributed by atoms with E-state index in [1.165, 1.54) is 16.8 Å². The summed E-state index contributed by atoms with van der Waals surface area (Å²) >= 11 is 0. The molecule has 0 aliphatic heterocycles. The van der Waals surface area contributed by atoms with Crippen LogP contribution in [0.5, 0.6) is 5.75 Å². The Labute approximate surface area is 164 Å². The lowest BCUT2D eigenvalue weighted by Crippen LogP contribution is -2.29. The average Bonchev–Trinajstić information content (AvgIpc) is 2.69. The summed E-state index contributed by atoms with van der Waals surface area (Å²) in [5.41, 5.74) is 0.290. The molecule has 1 aromatic heterocycles. The predicted octanol–water partition coefficient (Wildman–Crippen LogP) is 2.04. The van der Waals surface area contributed by atoms with Crippen LogP contribution in [-0.4, -0.2) is 29.3 Å². The molecule has 2 rings (SSSR count). The molecule has 7 heteroatoms. The van der Waals surface area contributed by atoms with Crippen LogP contribution in [-0.2, 0) is 11.5 Å². The number of ether oxygens (including phenoxy) is 2. The van der Waals surface area contributed by atoms with Gasteiger partial charge >= 0.3 is 5.69 Å². The fourth-order valence-electron chi connectivity index (χ4n) is 2.65. The van der Waals surface area contributed by atoms with Gasteiger partial charge in [0.15, 0.2) is 0 Å². The lowest BCUT2D eigenvalue weighted by molar-refractivity contribution is 0.0707. The summed E-state index contributed by atoms with van der Waals surface area (Å²) in [5, 5.41) is 3.50. The van der Waals surface area contributed by atoms with E-state index in [1.54, 1.807) is 0 Å². The first-order chi connectivity index (χ1) is 13.6. The van der Waals surface area contributed by atoms with Crippen LogP contribution in [0.1, 0.15) is 37.8 Å². The van der Waals surface area contributed by atoms with Crippen LogP contribution >= 0.6 is 0 Å². The van der Waals surface area contributed by atoms with Crippen LogP contribution in [0.2, 0.25) is 0 Å². The molecule has 2 aromatic rings. The molecule has 0 aliphatic carbocycles. The molecule has 150 valence electrons. The maximum atomic E-state index is 11.5.